The minimum atomic E-state index is -3.77. The number of sulfonamides is 1. The molecule has 30 heavy (non-hydrogen) atoms. The van der Waals surface area contributed by atoms with Gasteiger partial charge in [0.25, 0.3) is 6.43 Å². The highest BCUT2D eigenvalue weighted by Gasteiger charge is 2.41. The van der Waals surface area contributed by atoms with Crippen LogP contribution >= 0.6 is 11.3 Å². The van der Waals surface area contributed by atoms with E-state index in [1.807, 2.05) is 6.92 Å². The van der Waals surface area contributed by atoms with Crippen LogP contribution in [-0.4, -0.2) is 34.5 Å². The van der Waals surface area contributed by atoms with Crippen molar-refractivity contribution in [2.75, 3.05) is 0 Å². The molecule has 5 rings (SSSR count). The first kappa shape index (κ1) is 19.7. The summed E-state index contributed by atoms with van der Waals surface area (Å²) in [6.07, 6.45) is 1.96. The van der Waals surface area contributed by atoms with Gasteiger partial charge in [0.1, 0.15) is 0 Å². The highest BCUT2D eigenvalue weighted by molar-refractivity contribution is 7.89. The lowest BCUT2D eigenvalue weighted by molar-refractivity contribution is 0.0969. The van der Waals surface area contributed by atoms with E-state index in [0.717, 1.165) is 25.7 Å². The first-order valence-corrected chi connectivity index (χ1v) is 11.8. The van der Waals surface area contributed by atoms with E-state index in [-0.39, 0.29) is 21.7 Å². The number of carbonyl (C=O) groups excluding carboxylic acids is 1. The topological polar surface area (TPSA) is 94.0 Å². The van der Waals surface area contributed by atoms with Crippen molar-refractivity contribution in [2.24, 2.45) is 5.92 Å². The quantitative estimate of drug-likeness (QED) is 0.550. The van der Waals surface area contributed by atoms with Crippen LogP contribution in [0, 0.1) is 5.92 Å². The summed E-state index contributed by atoms with van der Waals surface area (Å²) in [5.74, 6) is -0.0773. The van der Waals surface area contributed by atoms with E-state index in [0.29, 0.717) is 27.8 Å². The number of hydrogen-bond acceptors (Lipinski definition) is 6. The second-order valence-electron chi connectivity index (χ2n) is 8.12. The third-order valence-corrected chi connectivity index (χ3v) is 8.07. The Morgan fingerprint density at radius 3 is 2.63 bits per heavy atom. The van der Waals surface area contributed by atoms with E-state index in [9.17, 15) is 22.0 Å². The number of hydrogen-bond donors (Lipinski definition) is 1. The molecule has 1 aromatic carbocycles. The summed E-state index contributed by atoms with van der Waals surface area (Å²) in [7, 11) is -3.77. The van der Waals surface area contributed by atoms with E-state index in [1.54, 1.807) is 12.3 Å². The maximum atomic E-state index is 13.0. The Balaban J connectivity index is 1.65. The third kappa shape index (κ3) is 3.44. The fraction of sp³-hybridized carbons (Fsp3) is 0.421. The van der Waals surface area contributed by atoms with Gasteiger partial charge >= 0.3 is 0 Å². The maximum Gasteiger partial charge on any atom is 0.291 e. The second-order valence-corrected chi connectivity index (χ2v) is 10.8. The number of ketones is 1. The average molecular weight is 453 g/mol. The molecule has 0 aliphatic heterocycles. The zero-order chi connectivity index (χ0) is 21.3. The van der Waals surface area contributed by atoms with Gasteiger partial charge in [0.15, 0.2) is 10.8 Å². The molecule has 0 unspecified atom stereocenters. The zero-order valence-electron chi connectivity index (χ0n) is 15.9. The van der Waals surface area contributed by atoms with Gasteiger partial charge in [-0.25, -0.2) is 21.9 Å². The lowest BCUT2D eigenvalue weighted by Crippen LogP contribution is -2.34. The van der Waals surface area contributed by atoms with Crippen LogP contribution in [0.3, 0.4) is 0 Å². The smallest absolute Gasteiger partial charge is 0.291 e. The molecule has 11 heteroatoms. The molecule has 0 bridgehead atoms. The van der Waals surface area contributed by atoms with Gasteiger partial charge < -0.3 is 0 Å². The first-order chi connectivity index (χ1) is 14.2. The van der Waals surface area contributed by atoms with Gasteiger partial charge in [-0.05, 0) is 44.7 Å². The van der Waals surface area contributed by atoms with E-state index in [4.69, 9.17) is 0 Å². The van der Waals surface area contributed by atoms with E-state index in [1.165, 1.54) is 16.7 Å². The summed E-state index contributed by atoms with van der Waals surface area (Å²) in [4.78, 5) is 12.8. The largest absolute Gasteiger partial charge is 0.294 e. The summed E-state index contributed by atoms with van der Waals surface area (Å²) in [6, 6.07) is 4.52. The van der Waals surface area contributed by atoms with Crippen molar-refractivity contribution in [3.8, 4) is 5.13 Å². The number of fused-ring (bicyclic) bond motifs is 1. The van der Waals surface area contributed by atoms with Crippen molar-refractivity contribution >= 4 is 38.0 Å². The number of rotatable bonds is 7. The molecule has 0 spiro atoms. The Kier molecular flexibility index (Phi) is 4.35. The molecule has 0 saturated heterocycles. The molecule has 2 aliphatic carbocycles. The molecule has 3 aromatic rings. The van der Waals surface area contributed by atoms with Crippen LogP contribution in [0.2, 0.25) is 0 Å². The van der Waals surface area contributed by atoms with Crippen molar-refractivity contribution in [2.45, 2.75) is 49.5 Å². The predicted molar refractivity (Wildman–Crippen MR) is 107 cm³/mol. The van der Waals surface area contributed by atoms with Crippen LogP contribution in [0.15, 0.2) is 29.3 Å². The molecule has 0 atom stereocenters. The standard InChI is InChI=1S/C19H18F2N4O3S2/c1-19(6-7-19)24-30(27,28)11-4-5-12-13(15(26)10-2-3-10)9-25(14(12)8-11)18-23-22-17(29-18)16(20)21/h4-5,8-10,16,24H,2-3,6-7H2,1H3. The van der Waals surface area contributed by atoms with Crippen molar-refractivity contribution in [3.63, 3.8) is 0 Å². The number of nitrogens with one attached hydrogen (secondary N) is 1. The number of halogens is 2. The molecule has 2 heterocycles. The lowest BCUT2D eigenvalue weighted by atomic mass is 10.1. The highest BCUT2D eigenvalue weighted by atomic mass is 32.2. The Labute approximate surface area is 175 Å². The van der Waals surface area contributed by atoms with Crippen LogP contribution in [0.5, 0.6) is 0 Å². The normalized spacial score (nSPS) is 18.3. The predicted octanol–water partition coefficient (Wildman–Crippen LogP) is 3.84. The molecule has 2 aliphatic rings. The molecule has 2 aromatic heterocycles. The molecule has 1 N–H and O–H groups in total. The molecule has 2 fully saturated rings. The van der Waals surface area contributed by atoms with Gasteiger partial charge in [-0.15, -0.1) is 10.2 Å². The van der Waals surface area contributed by atoms with Crippen molar-refractivity contribution in [1.29, 1.82) is 0 Å². The number of Topliss-reactive ketones (excluding diaryl/α,β-unsaturated/α-hetero) is 1. The van der Waals surface area contributed by atoms with Crippen molar-refractivity contribution in [3.05, 3.63) is 35.0 Å². The summed E-state index contributed by atoms with van der Waals surface area (Å²) < 4.78 is 55.8. The van der Waals surface area contributed by atoms with Crippen LogP contribution < -0.4 is 4.72 Å². The molecule has 0 radical (unpaired) electrons. The maximum absolute atomic E-state index is 13.0. The highest BCUT2D eigenvalue weighted by Crippen LogP contribution is 2.39. The Morgan fingerprint density at radius 2 is 2.03 bits per heavy atom. The number of aromatic nitrogens is 3. The van der Waals surface area contributed by atoms with Crippen LogP contribution in [-0.2, 0) is 10.0 Å². The van der Waals surface area contributed by atoms with E-state index >= 15 is 0 Å². The SMILES string of the molecule is CC1(NS(=O)(=O)c2ccc3c(C(=O)C4CC4)cn(-c4nnc(C(F)F)s4)c3c2)CC1. The van der Waals surface area contributed by atoms with Gasteiger partial charge in [-0.2, -0.15) is 0 Å². The number of benzene rings is 1. The summed E-state index contributed by atoms with van der Waals surface area (Å²) in [5.41, 5.74) is 0.418. The Bertz CT molecular complexity index is 1270. The Morgan fingerprint density at radius 1 is 1.30 bits per heavy atom. The van der Waals surface area contributed by atoms with Gasteiger partial charge in [0.2, 0.25) is 15.2 Å². The molecule has 0 amide bonds. The van der Waals surface area contributed by atoms with Gasteiger partial charge in [0, 0.05) is 28.6 Å². The average Bonchev–Trinajstić information content (AvgIpc) is 3.57. The monoisotopic (exact) mass is 452 g/mol. The minimum absolute atomic E-state index is 0.0310. The molecular formula is C19H18F2N4O3S2. The molecular weight excluding hydrogens is 434 g/mol. The van der Waals surface area contributed by atoms with Crippen LogP contribution in [0.25, 0.3) is 16.0 Å². The summed E-state index contributed by atoms with van der Waals surface area (Å²) in [6.45, 7) is 1.84. The van der Waals surface area contributed by atoms with Gasteiger partial charge in [0.05, 0.1) is 10.4 Å². The van der Waals surface area contributed by atoms with Gasteiger partial charge in [-0.1, -0.05) is 17.4 Å². The molecule has 158 valence electrons. The molecule has 2 saturated carbocycles. The van der Waals surface area contributed by atoms with Gasteiger partial charge in [-0.3, -0.25) is 9.36 Å². The molecule has 7 nitrogen and oxygen atoms in total. The fourth-order valence-corrected chi connectivity index (χ4v) is 5.55. The second kappa shape index (κ2) is 6.63. The fourth-order valence-electron chi connectivity index (χ4n) is 3.38. The Hall–Kier alpha value is -2.24. The zero-order valence-corrected chi connectivity index (χ0v) is 17.6. The third-order valence-electron chi connectivity index (χ3n) is 5.50. The van der Waals surface area contributed by atoms with Crippen molar-refractivity contribution in [1.82, 2.24) is 19.5 Å². The van der Waals surface area contributed by atoms with Crippen molar-refractivity contribution < 1.29 is 22.0 Å². The van der Waals surface area contributed by atoms with E-state index in [2.05, 4.69) is 14.9 Å². The summed E-state index contributed by atoms with van der Waals surface area (Å²) in [5, 5.41) is 7.62. The number of carbonyl (C=O) groups is 1. The minimum Gasteiger partial charge on any atom is -0.294 e. The van der Waals surface area contributed by atoms with Crippen LogP contribution in [0.1, 0.15) is 54.4 Å². The number of alkyl halides is 2. The lowest BCUT2D eigenvalue weighted by Gasteiger charge is -2.12. The number of nitrogens with zero attached hydrogens (tertiary/aromatic N) is 3. The first-order valence-electron chi connectivity index (χ1n) is 9.52. The van der Waals surface area contributed by atoms with Crippen LogP contribution in [0.4, 0.5) is 8.78 Å². The van der Waals surface area contributed by atoms with E-state index < -0.39 is 27.0 Å². The summed E-state index contributed by atoms with van der Waals surface area (Å²) >= 11 is 0.706.